The Bertz CT molecular complexity index is 1110. The second-order valence-corrected chi connectivity index (χ2v) is 11.2. The van der Waals surface area contributed by atoms with Gasteiger partial charge in [-0.1, -0.05) is 35.9 Å². The number of hydrogen-bond donors (Lipinski definition) is 1. The molecule has 0 saturated heterocycles. The lowest BCUT2D eigenvalue weighted by atomic mass is 10.1. The van der Waals surface area contributed by atoms with Crippen molar-refractivity contribution in [2.45, 2.75) is 25.2 Å². The number of methoxy groups -OCH3 is 1. The molecule has 0 unspecified atom stereocenters. The molecule has 0 atom stereocenters. The van der Waals surface area contributed by atoms with Crippen molar-refractivity contribution in [3.05, 3.63) is 91.1 Å². The molecule has 0 aliphatic carbocycles. The maximum absolute atomic E-state index is 11.0. The summed E-state index contributed by atoms with van der Waals surface area (Å²) >= 11 is -0.213. The first kappa shape index (κ1) is 25.8. The van der Waals surface area contributed by atoms with Crippen molar-refractivity contribution >= 4 is 16.0 Å². The molecule has 0 radical (unpaired) electrons. The fourth-order valence-corrected chi connectivity index (χ4v) is 5.67. The standard InChI is InChI=1S/C17H18INO2.C7H8O3S/c1-13(20)19-12-11-14-5-3-4-6-17(14)18-15-7-9-16(21-2)10-8-15;1-6-2-4-7(5-3-6)11(8,9)10/h3-10H,11-12H2,1-2H3;2-5H,1H3,(H,8,9,10). The summed E-state index contributed by atoms with van der Waals surface area (Å²) in [6.45, 7) is 4.07. The van der Waals surface area contributed by atoms with Crippen LogP contribution in [0.25, 0.3) is 0 Å². The van der Waals surface area contributed by atoms with Crippen LogP contribution in [-0.2, 0) is 21.3 Å². The van der Waals surface area contributed by atoms with Gasteiger partial charge < -0.3 is 14.6 Å². The third-order valence-corrected chi connectivity index (χ3v) is 8.12. The molecule has 0 aromatic heterocycles. The zero-order valence-corrected chi connectivity index (χ0v) is 21.1. The number of carbonyl (C=O) groups excluding carboxylic acids is 1. The van der Waals surface area contributed by atoms with Gasteiger partial charge in [-0.25, -0.2) is 8.42 Å². The quantitative estimate of drug-likeness (QED) is 0.330. The Balaban J connectivity index is 0.000000278. The van der Waals surface area contributed by atoms with Crippen molar-refractivity contribution in [3.63, 3.8) is 0 Å². The number of benzene rings is 3. The van der Waals surface area contributed by atoms with Crippen LogP contribution in [0.2, 0.25) is 0 Å². The van der Waals surface area contributed by atoms with Gasteiger partial charge in [0.1, 0.15) is 15.9 Å². The molecule has 3 aromatic carbocycles. The number of rotatable bonds is 7. The van der Waals surface area contributed by atoms with E-state index in [0.717, 1.165) is 17.7 Å². The molecular formula is C24H26INO5S. The van der Waals surface area contributed by atoms with Crippen molar-refractivity contribution < 1.29 is 43.7 Å². The number of hydrogen-bond acceptors (Lipinski definition) is 5. The van der Waals surface area contributed by atoms with Crippen LogP contribution in [0.4, 0.5) is 0 Å². The van der Waals surface area contributed by atoms with E-state index in [-0.39, 0.29) is 32.0 Å². The fourth-order valence-electron chi connectivity index (χ4n) is 2.62. The molecule has 8 heteroatoms. The molecule has 3 aromatic rings. The molecule has 0 bridgehead atoms. The fraction of sp³-hybridized carbons (Fsp3) is 0.208. The van der Waals surface area contributed by atoms with E-state index in [1.54, 1.807) is 26.2 Å². The van der Waals surface area contributed by atoms with Crippen molar-refractivity contribution in [1.29, 1.82) is 0 Å². The van der Waals surface area contributed by atoms with Crippen LogP contribution in [0, 0.1) is 14.1 Å². The molecule has 1 amide bonds. The van der Waals surface area contributed by atoms with Crippen LogP contribution in [-0.4, -0.2) is 32.5 Å². The zero-order valence-electron chi connectivity index (χ0n) is 18.2. The molecule has 0 aliphatic heterocycles. The normalized spacial score (nSPS) is 10.6. The third-order valence-electron chi connectivity index (χ3n) is 4.30. The molecule has 0 fully saturated rings. The molecule has 0 aliphatic rings. The first-order chi connectivity index (χ1) is 15.2. The largest absolute Gasteiger partial charge is 0.744 e. The van der Waals surface area contributed by atoms with E-state index in [2.05, 4.69) is 41.7 Å². The third kappa shape index (κ3) is 8.97. The van der Waals surface area contributed by atoms with Crippen LogP contribution < -0.4 is 31.3 Å². The summed E-state index contributed by atoms with van der Waals surface area (Å²) < 4.78 is 39.1. The Labute approximate surface area is 200 Å². The van der Waals surface area contributed by atoms with E-state index in [9.17, 15) is 17.8 Å². The monoisotopic (exact) mass is 567 g/mol. The summed E-state index contributed by atoms with van der Waals surface area (Å²) in [7, 11) is -2.59. The van der Waals surface area contributed by atoms with E-state index >= 15 is 0 Å². The summed E-state index contributed by atoms with van der Waals surface area (Å²) in [6, 6.07) is 22.6. The summed E-state index contributed by atoms with van der Waals surface area (Å²) in [6.07, 6.45) is 0.881. The van der Waals surface area contributed by atoms with Gasteiger partial charge in [-0.3, -0.25) is 4.79 Å². The minimum absolute atomic E-state index is 0.0253. The Kier molecular flexibility index (Phi) is 10.1. The lowest BCUT2D eigenvalue weighted by molar-refractivity contribution is -0.598. The van der Waals surface area contributed by atoms with E-state index in [0.29, 0.717) is 6.54 Å². The molecule has 32 heavy (non-hydrogen) atoms. The predicted octanol–water partition coefficient (Wildman–Crippen LogP) is 0.401. The molecule has 170 valence electrons. The summed E-state index contributed by atoms with van der Waals surface area (Å²) in [4.78, 5) is 10.8. The average Bonchev–Trinajstić information content (AvgIpc) is 2.75. The van der Waals surface area contributed by atoms with E-state index < -0.39 is 10.1 Å². The molecule has 0 saturated carbocycles. The highest BCUT2D eigenvalue weighted by Gasteiger charge is 2.19. The van der Waals surface area contributed by atoms with Gasteiger partial charge in [0.2, 0.25) is 5.91 Å². The first-order valence-electron chi connectivity index (χ1n) is 9.83. The van der Waals surface area contributed by atoms with Crippen molar-refractivity contribution in [1.82, 2.24) is 5.32 Å². The van der Waals surface area contributed by atoms with Gasteiger partial charge in [-0.2, -0.15) is 0 Å². The minimum Gasteiger partial charge on any atom is -0.744 e. The van der Waals surface area contributed by atoms with Crippen LogP contribution in [0.5, 0.6) is 5.75 Å². The average molecular weight is 567 g/mol. The number of carbonyl (C=O) groups is 1. The molecule has 0 heterocycles. The first-order valence-corrected chi connectivity index (χ1v) is 13.4. The highest BCUT2D eigenvalue weighted by Crippen LogP contribution is 2.08. The zero-order chi connectivity index (χ0) is 23.6. The van der Waals surface area contributed by atoms with Gasteiger partial charge in [-0.15, -0.1) is 0 Å². The van der Waals surface area contributed by atoms with Gasteiger partial charge >= 0.3 is 21.2 Å². The Hall–Kier alpha value is -2.43. The van der Waals surface area contributed by atoms with Crippen LogP contribution in [0.3, 0.4) is 0 Å². The van der Waals surface area contributed by atoms with Gasteiger partial charge in [0, 0.05) is 19.0 Å². The van der Waals surface area contributed by atoms with Crippen LogP contribution >= 0.6 is 0 Å². The number of halogens is 1. The van der Waals surface area contributed by atoms with Gasteiger partial charge in [0.15, 0.2) is 7.14 Å². The predicted molar refractivity (Wildman–Crippen MR) is 118 cm³/mol. The van der Waals surface area contributed by atoms with Gasteiger partial charge in [-0.05, 0) is 55.8 Å². The summed E-state index contributed by atoms with van der Waals surface area (Å²) in [5.74, 6) is 0.916. The Morgan fingerprint density at radius 3 is 2.19 bits per heavy atom. The van der Waals surface area contributed by atoms with Crippen molar-refractivity contribution in [2.75, 3.05) is 13.7 Å². The van der Waals surface area contributed by atoms with E-state index in [1.807, 2.05) is 19.1 Å². The number of amides is 1. The molecule has 3 rings (SSSR count). The van der Waals surface area contributed by atoms with Crippen molar-refractivity contribution in [3.8, 4) is 5.75 Å². The minimum atomic E-state index is -4.27. The molecule has 0 spiro atoms. The Morgan fingerprint density at radius 2 is 1.62 bits per heavy atom. The highest BCUT2D eigenvalue weighted by molar-refractivity contribution is 7.85. The SMILES string of the molecule is COc1ccc([I+]c2ccccc2CCNC(C)=O)cc1.Cc1ccc(S(=O)(=O)[O-])cc1. The van der Waals surface area contributed by atoms with Crippen molar-refractivity contribution in [2.24, 2.45) is 0 Å². The maximum Gasteiger partial charge on any atom is 0.358 e. The van der Waals surface area contributed by atoms with Crippen LogP contribution in [0.15, 0.2) is 77.7 Å². The highest BCUT2D eigenvalue weighted by atomic mass is 127. The molecule has 6 nitrogen and oxygen atoms in total. The summed E-state index contributed by atoms with van der Waals surface area (Å²) in [5, 5.41) is 2.86. The summed E-state index contributed by atoms with van der Waals surface area (Å²) in [5.41, 5.74) is 2.26. The molecule has 1 N–H and O–H groups in total. The smallest absolute Gasteiger partial charge is 0.358 e. The number of nitrogens with one attached hydrogen (secondary N) is 1. The Morgan fingerprint density at radius 1 is 1.00 bits per heavy atom. The van der Waals surface area contributed by atoms with Crippen LogP contribution in [0.1, 0.15) is 18.1 Å². The van der Waals surface area contributed by atoms with E-state index in [4.69, 9.17) is 4.74 Å². The second-order valence-electron chi connectivity index (χ2n) is 6.84. The second kappa shape index (κ2) is 12.6. The molecular weight excluding hydrogens is 541 g/mol. The lowest BCUT2D eigenvalue weighted by Crippen LogP contribution is -3.61. The number of aryl methyl sites for hydroxylation is 1. The van der Waals surface area contributed by atoms with E-state index in [1.165, 1.54) is 24.8 Å². The maximum atomic E-state index is 11.0. The lowest BCUT2D eigenvalue weighted by Gasteiger charge is -2.05. The topological polar surface area (TPSA) is 95.5 Å². The van der Waals surface area contributed by atoms with Gasteiger partial charge in [0.25, 0.3) is 0 Å². The number of ether oxygens (including phenoxy) is 1. The van der Waals surface area contributed by atoms with Gasteiger partial charge in [0.05, 0.1) is 12.0 Å².